The van der Waals surface area contributed by atoms with Gasteiger partial charge in [-0.25, -0.2) is 4.79 Å². The molecule has 1 aromatic carbocycles. The van der Waals surface area contributed by atoms with E-state index in [1.165, 1.54) is 18.2 Å². The molecule has 160 valence electrons. The number of amides is 2. The summed E-state index contributed by atoms with van der Waals surface area (Å²) >= 11 is 0. The maximum atomic E-state index is 12.0. The number of aryl methyl sites for hydroxylation is 1. The van der Waals surface area contributed by atoms with Gasteiger partial charge in [0.2, 0.25) is 5.91 Å². The minimum absolute atomic E-state index is 0.125. The summed E-state index contributed by atoms with van der Waals surface area (Å²) in [6.45, 7) is 4.67. The number of ether oxygens (including phenoxy) is 2. The highest BCUT2D eigenvalue weighted by atomic mass is 16.5. The lowest BCUT2D eigenvalue weighted by molar-refractivity contribution is -0.147. The van der Waals surface area contributed by atoms with E-state index in [1.54, 1.807) is 32.9 Å². The molecule has 0 saturated carbocycles. The summed E-state index contributed by atoms with van der Waals surface area (Å²) in [7, 11) is 0. The fraction of sp³-hybridized carbons (Fsp3) is 0.350. The smallest absolute Gasteiger partial charge is 0.338 e. The fourth-order valence-electron chi connectivity index (χ4n) is 2.23. The average Bonchev–Trinajstić information content (AvgIpc) is 3.09. The standard InChI is InChI=1S/C20H23N3O7/c1-12(2)29-20(27)14-4-6-15(7-5-14)21-17(24)8-9-19(26)28-11-18(25)22-16-10-13(3)30-23-16/h4-7,10,12H,8-9,11H2,1-3H3,(H,21,24)(H,22,23,25). The van der Waals surface area contributed by atoms with Crippen LogP contribution in [0.2, 0.25) is 0 Å². The van der Waals surface area contributed by atoms with Crippen LogP contribution in [0.25, 0.3) is 0 Å². The Hall–Kier alpha value is -3.69. The van der Waals surface area contributed by atoms with Gasteiger partial charge in [-0.15, -0.1) is 0 Å². The normalized spacial score (nSPS) is 10.4. The summed E-state index contributed by atoms with van der Waals surface area (Å²) in [6, 6.07) is 7.70. The zero-order valence-corrected chi connectivity index (χ0v) is 16.9. The third-order valence-corrected chi connectivity index (χ3v) is 3.56. The number of carbonyl (C=O) groups excluding carboxylic acids is 4. The summed E-state index contributed by atoms with van der Waals surface area (Å²) in [4.78, 5) is 47.1. The van der Waals surface area contributed by atoms with Gasteiger partial charge in [-0.3, -0.25) is 14.4 Å². The molecule has 2 N–H and O–H groups in total. The Bertz CT molecular complexity index is 903. The zero-order chi connectivity index (χ0) is 22.1. The third kappa shape index (κ3) is 7.74. The number of esters is 2. The SMILES string of the molecule is Cc1cc(NC(=O)COC(=O)CCC(=O)Nc2ccc(C(=O)OC(C)C)cc2)no1. The fourth-order valence-corrected chi connectivity index (χ4v) is 2.23. The number of aromatic nitrogens is 1. The van der Waals surface area contributed by atoms with Crippen molar-refractivity contribution in [3.05, 3.63) is 41.7 Å². The van der Waals surface area contributed by atoms with Gasteiger partial charge >= 0.3 is 11.9 Å². The van der Waals surface area contributed by atoms with Gasteiger partial charge in [0, 0.05) is 18.2 Å². The van der Waals surface area contributed by atoms with Crippen LogP contribution < -0.4 is 10.6 Å². The van der Waals surface area contributed by atoms with Gasteiger partial charge in [0.1, 0.15) is 5.76 Å². The molecule has 0 radical (unpaired) electrons. The molecular weight excluding hydrogens is 394 g/mol. The van der Waals surface area contributed by atoms with E-state index in [1.807, 2.05) is 0 Å². The summed E-state index contributed by atoms with van der Waals surface area (Å²) in [5.74, 6) is -1.38. The van der Waals surface area contributed by atoms with Crippen LogP contribution >= 0.6 is 0 Å². The van der Waals surface area contributed by atoms with Crippen LogP contribution in [-0.2, 0) is 23.9 Å². The van der Waals surface area contributed by atoms with E-state index >= 15 is 0 Å². The molecule has 10 heteroatoms. The monoisotopic (exact) mass is 417 g/mol. The van der Waals surface area contributed by atoms with Gasteiger partial charge < -0.3 is 24.6 Å². The second-order valence-electron chi connectivity index (χ2n) is 6.61. The molecule has 0 aliphatic rings. The van der Waals surface area contributed by atoms with Gasteiger partial charge in [-0.1, -0.05) is 5.16 Å². The van der Waals surface area contributed by atoms with Crippen molar-refractivity contribution in [3.63, 3.8) is 0 Å². The lowest BCUT2D eigenvalue weighted by Crippen LogP contribution is -2.22. The van der Waals surface area contributed by atoms with Gasteiger partial charge in [0.05, 0.1) is 18.1 Å². The Balaban J connectivity index is 1.69. The van der Waals surface area contributed by atoms with E-state index in [9.17, 15) is 19.2 Å². The Morgan fingerprint density at radius 1 is 1.03 bits per heavy atom. The van der Waals surface area contributed by atoms with Crippen molar-refractivity contribution in [3.8, 4) is 0 Å². The number of nitrogens with zero attached hydrogens (tertiary/aromatic N) is 1. The summed E-state index contributed by atoms with van der Waals surface area (Å²) in [5, 5.41) is 8.60. The van der Waals surface area contributed by atoms with E-state index in [2.05, 4.69) is 15.8 Å². The van der Waals surface area contributed by atoms with Crippen molar-refractivity contribution in [1.82, 2.24) is 5.16 Å². The number of carbonyl (C=O) groups is 4. The van der Waals surface area contributed by atoms with Crippen LogP contribution in [0.4, 0.5) is 11.5 Å². The van der Waals surface area contributed by atoms with Crippen molar-refractivity contribution < 1.29 is 33.2 Å². The molecule has 2 amide bonds. The van der Waals surface area contributed by atoms with Crippen LogP contribution in [-0.4, -0.2) is 41.6 Å². The molecule has 10 nitrogen and oxygen atoms in total. The first-order valence-electron chi connectivity index (χ1n) is 9.22. The predicted molar refractivity (Wildman–Crippen MR) is 106 cm³/mol. The lowest BCUT2D eigenvalue weighted by Gasteiger charge is -2.09. The Morgan fingerprint density at radius 3 is 2.33 bits per heavy atom. The van der Waals surface area contributed by atoms with Gasteiger partial charge in [0.15, 0.2) is 12.4 Å². The van der Waals surface area contributed by atoms with Crippen molar-refractivity contribution in [1.29, 1.82) is 0 Å². The van der Waals surface area contributed by atoms with E-state index in [-0.39, 0.29) is 24.8 Å². The third-order valence-electron chi connectivity index (χ3n) is 3.56. The number of rotatable bonds is 9. The van der Waals surface area contributed by atoms with Crippen molar-refractivity contribution in [2.24, 2.45) is 0 Å². The largest absolute Gasteiger partial charge is 0.459 e. The molecule has 1 aromatic heterocycles. The predicted octanol–water partition coefficient (Wildman–Crippen LogP) is 2.45. The van der Waals surface area contributed by atoms with Crippen molar-refractivity contribution >= 4 is 35.3 Å². The van der Waals surface area contributed by atoms with Crippen LogP contribution in [0.5, 0.6) is 0 Å². The minimum Gasteiger partial charge on any atom is -0.459 e. The van der Waals surface area contributed by atoms with Crippen LogP contribution in [0.15, 0.2) is 34.9 Å². The molecular formula is C20H23N3O7. The first-order chi connectivity index (χ1) is 14.2. The average molecular weight is 417 g/mol. The first-order valence-corrected chi connectivity index (χ1v) is 9.22. The summed E-state index contributed by atoms with van der Waals surface area (Å²) in [6.07, 6.45) is -0.546. The number of hydrogen-bond acceptors (Lipinski definition) is 8. The van der Waals surface area contributed by atoms with Crippen LogP contribution in [0.1, 0.15) is 42.8 Å². The number of hydrogen-bond donors (Lipinski definition) is 2. The Kier molecular flexibility index (Phi) is 8.09. The molecule has 2 aromatic rings. The number of anilines is 2. The van der Waals surface area contributed by atoms with E-state index in [0.717, 1.165) is 0 Å². The maximum absolute atomic E-state index is 12.0. The second kappa shape index (κ2) is 10.7. The van der Waals surface area contributed by atoms with E-state index in [0.29, 0.717) is 17.0 Å². The highest BCUT2D eigenvalue weighted by Crippen LogP contribution is 2.12. The maximum Gasteiger partial charge on any atom is 0.338 e. The quantitative estimate of drug-likeness (QED) is 0.594. The molecule has 0 saturated heterocycles. The highest BCUT2D eigenvalue weighted by Gasteiger charge is 2.13. The molecule has 0 unspecified atom stereocenters. The topological polar surface area (TPSA) is 137 Å². The minimum atomic E-state index is -0.691. The van der Waals surface area contributed by atoms with Crippen LogP contribution in [0, 0.1) is 6.92 Å². The van der Waals surface area contributed by atoms with Crippen molar-refractivity contribution in [2.45, 2.75) is 39.7 Å². The number of nitrogens with one attached hydrogen (secondary N) is 2. The van der Waals surface area contributed by atoms with E-state index in [4.69, 9.17) is 14.0 Å². The molecule has 30 heavy (non-hydrogen) atoms. The molecule has 0 aliphatic carbocycles. The zero-order valence-electron chi connectivity index (χ0n) is 16.9. The van der Waals surface area contributed by atoms with Gasteiger partial charge in [0.25, 0.3) is 5.91 Å². The molecule has 1 heterocycles. The van der Waals surface area contributed by atoms with Gasteiger partial charge in [-0.2, -0.15) is 0 Å². The molecule has 0 aliphatic heterocycles. The van der Waals surface area contributed by atoms with E-state index < -0.39 is 30.4 Å². The Labute approximate surface area is 172 Å². The summed E-state index contributed by atoms with van der Waals surface area (Å²) < 4.78 is 14.7. The molecule has 0 spiro atoms. The molecule has 0 fully saturated rings. The molecule has 0 bridgehead atoms. The lowest BCUT2D eigenvalue weighted by atomic mass is 10.2. The highest BCUT2D eigenvalue weighted by molar-refractivity contribution is 5.95. The second-order valence-corrected chi connectivity index (χ2v) is 6.61. The molecule has 0 atom stereocenters. The number of benzene rings is 1. The van der Waals surface area contributed by atoms with Gasteiger partial charge in [-0.05, 0) is 45.0 Å². The Morgan fingerprint density at radius 2 is 1.73 bits per heavy atom. The first kappa shape index (κ1) is 22.6. The van der Waals surface area contributed by atoms with Crippen molar-refractivity contribution in [2.75, 3.05) is 17.2 Å². The molecule has 2 rings (SSSR count). The van der Waals surface area contributed by atoms with Crippen LogP contribution in [0.3, 0.4) is 0 Å². The summed E-state index contributed by atoms with van der Waals surface area (Å²) in [5.41, 5.74) is 0.834.